The Morgan fingerprint density at radius 3 is 2.56 bits per heavy atom. The molecule has 2 aromatic rings. The molecule has 0 aliphatic rings. The highest BCUT2D eigenvalue weighted by atomic mass is 16.5. The number of carbonyl (C=O) groups is 2. The summed E-state index contributed by atoms with van der Waals surface area (Å²) in [7, 11) is 1.74. The van der Waals surface area contributed by atoms with E-state index >= 15 is 0 Å². The number of unbranched alkanes of at least 4 members (excludes halogenated alkanes) is 4. The molecule has 0 saturated carbocycles. The summed E-state index contributed by atoms with van der Waals surface area (Å²) in [5.41, 5.74) is 2.98. The lowest BCUT2D eigenvalue weighted by molar-refractivity contribution is -0.136. The summed E-state index contributed by atoms with van der Waals surface area (Å²) >= 11 is 0. The molecule has 2 amide bonds. The zero-order chi connectivity index (χ0) is 23.3. The van der Waals surface area contributed by atoms with Crippen LogP contribution in [0.25, 0.3) is 17.3 Å². The second kappa shape index (κ2) is 13.1. The predicted molar refractivity (Wildman–Crippen MR) is 127 cm³/mol. The van der Waals surface area contributed by atoms with E-state index in [2.05, 4.69) is 17.2 Å². The first-order valence-electron chi connectivity index (χ1n) is 11.1. The lowest BCUT2D eigenvalue weighted by Gasteiger charge is -2.19. The van der Waals surface area contributed by atoms with Gasteiger partial charge >= 0.3 is 12.0 Å². The van der Waals surface area contributed by atoms with Crippen molar-refractivity contribution in [3.8, 4) is 11.3 Å². The number of hydrogen-bond donors (Lipinski definition) is 2. The van der Waals surface area contributed by atoms with E-state index in [1.807, 2.05) is 30.3 Å². The number of ether oxygens (including phenoxy) is 1. The van der Waals surface area contributed by atoms with Crippen LogP contribution in [-0.4, -0.2) is 42.3 Å². The zero-order valence-corrected chi connectivity index (χ0v) is 19.1. The molecular weight excluding hydrogens is 406 g/mol. The number of aromatic nitrogens is 1. The third-order valence-electron chi connectivity index (χ3n) is 4.99. The maximum absolute atomic E-state index is 12.5. The van der Waals surface area contributed by atoms with E-state index in [4.69, 9.17) is 4.74 Å². The van der Waals surface area contributed by atoms with Gasteiger partial charge in [-0.05, 0) is 43.2 Å². The molecule has 0 radical (unpaired) electrons. The fourth-order valence-corrected chi connectivity index (χ4v) is 3.17. The molecule has 0 fully saturated rings. The molecule has 2 N–H and O–H groups in total. The molecule has 0 aliphatic carbocycles. The number of amides is 2. The molecule has 0 saturated heterocycles. The first-order valence-corrected chi connectivity index (χ1v) is 11.1. The van der Waals surface area contributed by atoms with Gasteiger partial charge in [0.05, 0.1) is 12.3 Å². The van der Waals surface area contributed by atoms with Crippen molar-refractivity contribution in [2.75, 3.05) is 25.1 Å². The van der Waals surface area contributed by atoms with E-state index in [-0.39, 0.29) is 18.4 Å². The number of anilines is 1. The molecule has 2 rings (SSSR count). The quantitative estimate of drug-likeness (QED) is 0.265. The number of urea groups is 1. The van der Waals surface area contributed by atoms with Gasteiger partial charge < -0.3 is 15.2 Å². The minimum absolute atomic E-state index is 0.123. The maximum Gasteiger partial charge on any atom is 0.371 e. The highest BCUT2D eigenvalue weighted by molar-refractivity contribution is 5.92. The third-order valence-corrected chi connectivity index (χ3v) is 4.99. The lowest BCUT2D eigenvalue weighted by Crippen LogP contribution is -2.37. The summed E-state index contributed by atoms with van der Waals surface area (Å²) < 4.78 is 5.13. The third kappa shape index (κ3) is 7.72. The number of carboxylic acid groups (broad SMARTS) is 1. The van der Waals surface area contributed by atoms with Gasteiger partial charge in [-0.25, -0.2) is 9.59 Å². The average molecular weight is 440 g/mol. The van der Waals surface area contributed by atoms with E-state index in [9.17, 15) is 14.7 Å². The van der Waals surface area contributed by atoms with Crippen LogP contribution in [0.1, 0.15) is 51.5 Å². The SMILES string of the molecule is CCCCCCCNC(=O)N(C)c1cccc(-c2ccc(/C=C(\OCC)C(=O)O)cn2)c1. The van der Waals surface area contributed by atoms with Gasteiger partial charge in [0.15, 0.2) is 0 Å². The predicted octanol–water partition coefficient (Wildman–Crippen LogP) is 5.33. The summed E-state index contributed by atoms with van der Waals surface area (Å²) in [6.45, 7) is 4.86. The summed E-state index contributed by atoms with van der Waals surface area (Å²) in [5.74, 6) is -1.24. The van der Waals surface area contributed by atoms with Gasteiger partial charge in [0.2, 0.25) is 5.76 Å². The number of pyridine rings is 1. The van der Waals surface area contributed by atoms with Gasteiger partial charge in [-0.3, -0.25) is 9.88 Å². The maximum atomic E-state index is 12.5. The van der Waals surface area contributed by atoms with Crippen molar-refractivity contribution in [2.24, 2.45) is 0 Å². The van der Waals surface area contributed by atoms with Crippen LogP contribution in [0.5, 0.6) is 0 Å². The molecule has 0 spiro atoms. The number of nitrogens with zero attached hydrogens (tertiary/aromatic N) is 2. The molecule has 0 unspecified atom stereocenters. The monoisotopic (exact) mass is 439 g/mol. The molecule has 0 atom stereocenters. The van der Waals surface area contributed by atoms with Crippen molar-refractivity contribution in [2.45, 2.75) is 46.0 Å². The molecule has 1 aromatic heterocycles. The Hall–Kier alpha value is -3.35. The second-order valence-corrected chi connectivity index (χ2v) is 7.48. The average Bonchev–Trinajstić information content (AvgIpc) is 2.81. The highest BCUT2D eigenvalue weighted by Gasteiger charge is 2.12. The Bertz CT molecular complexity index is 910. The van der Waals surface area contributed by atoms with Crippen molar-refractivity contribution in [3.63, 3.8) is 0 Å². The smallest absolute Gasteiger partial charge is 0.371 e. The molecule has 1 heterocycles. The van der Waals surface area contributed by atoms with Gasteiger partial charge in [-0.2, -0.15) is 0 Å². The minimum Gasteiger partial charge on any atom is -0.487 e. The van der Waals surface area contributed by atoms with E-state index in [1.165, 1.54) is 25.3 Å². The summed E-state index contributed by atoms with van der Waals surface area (Å²) in [4.78, 5) is 29.7. The van der Waals surface area contributed by atoms with Crippen molar-refractivity contribution in [1.82, 2.24) is 10.3 Å². The number of carbonyl (C=O) groups excluding carboxylic acids is 1. The van der Waals surface area contributed by atoms with Gasteiger partial charge in [-0.1, -0.05) is 50.8 Å². The molecular formula is C25H33N3O4. The highest BCUT2D eigenvalue weighted by Crippen LogP contribution is 2.23. The first-order chi connectivity index (χ1) is 15.5. The number of aliphatic carboxylic acids is 1. The van der Waals surface area contributed by atoms with Gasteiger partial charge in [0.1, 0.15) is 0 Å². The van der Waals surface area contributed by atoms with Crippen LogP contribution in [-0.2, 0) is 9.53 Å². The molecule has 7 heteroatoms. The Labute approximate surface area is 190 Å². The van der Waals surface area contributed by atoms with Crippen molar-refractivity contribution in [3.05, 3.63) is 53.9 Å². The van der Waals surface area contributed by atoms with Crippen LogP contribution in [0, 0.1) is 0 Å². The zero-order valence-electron chi connectivity index (χ0n) is 19.1. The normalized spacial score (nSPS) is 11.2. The molecule has 172 valence electrons. The Morgan fingerprint density at radius 1 is 1.12 bits per heavy atom. The second-order valence-electron chi connectivity index (χ2n) is 7.48. The van der Waals surface area contributed by atoms with Crippen LogP contribution < -0.4 is 10.2 Å². The van der Waals surface area contributed by atoms with E-state index in [1.54, 1.807) is 31.1 Å². The van der Waals surface area contributed by atoms with Gasteiger partial charge in [-0.15, -0.1) is 0 Å². The van der Waals surface area contributed by atoms with Crippen LogP contribution >= 0.6 is 0 Å². The van der Waals surface area contributed by atoms with Crippen LogP contribution in [0.3, 0.4) is 0 Å². The lowest BCUT2D eigenvalue weighted by atomic mass is 10.1. The van der Waals surface area contributed by atoms with Crippen molar-refractivity contribution < 1.29 is 19.4 Å². The van der Waals surface area contributed by atoms with E-state index < -0.39 is 5.97 Å². The number of hydrogen-bond acceptors (Lipinski definition) is 4. The largest absolute Gasteiger partial charge is 0.487 e. The molecule has 7 nitrogen and oxygen atoms in total. The van der Waals surface area contributed by atoms with Crippen molar-refractivity contribution >= 4 is 23.8 Å². The van der Waals surface area contributed by atoms with Gasteiger partial charge in [0.25, 0.3) is 0 Å². The van der Waals surface area contributed by atoms with Crippen LogP contribution in [0.15, 0.2) is 48.4 Å². The number of carboxylic acids is 1. The molecule has 0 aliphatic heterocycles. The Balaban J connectivity index is 2.03. The molecule has 32 heavy (non-hydrogen) atoms. The number of benzene rings is 1. The summed E-state index contributed by atoms with van der Waals surface area (Å²) in [6, 6.07) is 11.0. The van der Waals surface area contributed by atoms with Gasteiger partial charge in [0, 0.05) is 31.0 Å². The standard InChI is InChI=1S/C25H33N3O4/c1-4-6-7-8-9-15-26-25(31)28(3)21-12-10-11-20(17-21)22-14-13-19(18-27-22)16-23(24(29)30)32-5-2/h10-14,16-18H,4-9,15H2,1-3H3,(H,26,31)(H,29,30)/b23-16-. The number of nitrogens with one attached hydrogen (secondary N) is 1. The molecule has 0 bridgehead atoms. The summed E-state index contributed by atoms with van der Waals surface area (Å²) in [5, 5.41) is 12.1. The van der Waals surface area contributed by atoms with Crippen LogP contribution in [0.4, 0.5) is 10.5 Å². The first kappa shape index (κ1) is 24.9. The van der Waals surface area contributed by atoms with E-state index in [0.717, 1.165) is 29.8 Å². The summed E-state index contributed by atoms with van der Waals surface area (Å²) in [6.07, 6.45) is 8.79. The van der Waals surface area contributed by atoms with Crippen LogP contribution in [0.2, 0.25) is 0 Å². The Morgan fingerprint density at radius 2 is 1.91 bits per heavy atom. The fraction of sp³-hybridized carbons (Fsp3) is 0.400. The van der Waals surface area contributed by atoms with Crippen molar-refractivity contribution in [1.29, 1.82) is 0 Å². The fourth-order valence-electron chi connectivity index (χ4n) is 3.17. The molecule has 1 aromatic carbocycles. The minimum atomic E-state index is -1.12. The number of rotatable bonds is 12. The Kier molecular flexibility index (Phi) is 10.2. The van der Waals surface area contributed by atoms with E-state index in [0.29, 0.717) is 12.1 Å². The topological polar surface area (TPSA) is 91.8 Å².